The highest BCUT2D eigenvalue weighted by molar-refractivity contribution is 5.69. The lowest BCUT2D eigenvalue weighted by Crippen LogP contribution is -2.04. The number of alkyl halides is 5. The number of aromatic hydroxyl groups is 1. The van der Waals surface area contributed by atoms with E-state index in [2.05, 4.69) is 0 Å². The molecule has 106 valence electrons. The Morgan fingerprint density at radius 2 is 1.65 bits per heavy atom. The summed E-state index contributed by atoms with van der Waals surface area (Å²) >= 11 is 0. The second kappa shape index (κ2) is 5.11. The van der Waals surface area contributed by atoms with Gasteiger partial charge in [-0.05, 0) is 35.4 Å². The van der Waals surface area contributed by atoms with Crippen LogP contribution in [0.4, 0.5) is 22.0 Å². The molecule has 0 aliphatic carbocycles. The number of hydrogen-bond acceptors (Lipinski definition) is 1. The Morgan fingerprint density at radius 3 is 2.25 bits per heavy atom. The quantitative estimate of drug-likeness (QED) is 0.770. The van der Waals surface area contributed by atoms with Gasteiger partial charge in [0, 0.05) is 5.56 Å². The Kier molecular flexibility index (Phi) is 3.65. The van der Waals surface area contributed by atoms with Crippen LogP contribution in [0.3, 0.4) is 0 Å². The minimum Gasteiger partial charge on any atom is -0.508 e. The Bertz CT molecular complexity index is 619. The predicted molar refractivity (Wildman–Crippen MR) is 63.5 cm³/mol. The van der Waals surface area contributed by atoms with Crippen molar-refractivity contribution in [3.8, 4) is 16.9 Å². The SMILES string of the molecule is Oc1ccc(-c2cccc(C(F)(F)F)c2)c(C(F)F)c1. The highest BCUT2D eigenvalue weighted by atomic mass is 19.4. The van der Waals surface area contributed by atoms with Crippen molar-refractivity contribution in [1.82, 2.24) is 0 Å². The maximum atomic E-state index is 12.9. The van der Waals surface area contributed by atoms with Crippen molar-refractivity contribution in [3.05, 3.63) is 53.6 Å². The molecule has 0 aliphatic rings. The van der Waals surface area contributed by atoms with Crippen LogP contribution in [0.1, 0.15) is 17.6 Å². The molecule has 0 heterocycles. The molecular formula is C14H9F5O. The average Bonchev–Trinajstić information content (AvgIpc) is 2.37. The summed E-state index contributed by atoms with van der Waals surface area (Å²) in [7, 11) is 0. The zero-order valence-electron chi connectivity index (χ0n) is 9.96. The molecule has 20 heavy (non-hydrogen) atoms. The lowest BCUT2D eigenvalue weighted by atomic mass is 9.98. The van der Waals surface area contributed by atoms with Crippen LogP contribution >= 0.6 is 0 Å². The fraction of sp³-hybridized carbons (Fsp3) is 0.143. The number of phenols is 1. The molecule has 2 aromatic carbocycles. The van der Waals surface area contributed by atoms with E-state index < -0.39 is 23.7 Å². The topological polar surface area (TPSA) is 20.2 Å². The van der Waals surface area contributed by atoms with Crippen molar-refractivity contribution in [1.29, 1.82) is 0 Å². The summed E-state index contributed by atoms with van der Waals surface area (Å²) in [6.45, 7) is 0. The van der Waals surface area contributed by atoms with Crippen LogP contribution in [0, 0.1) is 0 Å². The summed E-state index contributed by atoms with van der Waals surface area (Å²) in [6, 6.07) is 7.31. The zero-order chi connectivity index (χ0) is 14.9. The van der Waals surface area contributed by atoms with Gasteiger partial charge in [0.25, 0.3) is 6.43 Å². The lowest BCUT2D eigenvalue weighted by Gasteiger charge is -2.12. The fourth-order valence-corrected chi connectivity index (χ4v) is 1.86. The molecular weight excluding hydrogens is 279 g/mol. The zero-order valence-corrected chi connectivity index (χ0v) is 9.96. The molecule has 0 bridgehead atoms. The number of hydrogen-bond donors (Lipinski definition) is 1. The van der Waals surface area contributed by atoms with E-state index in [4.69, 9.17) is 0 Å². The van der Waals surface area contributed by atoms with E-state index in [1.165, 1.54) is 12.1 Å². The molecule has 1 nitrogen and oxygen atoms in total. The molecule has 0 saturated carbocycles. The maximum absolute atomic E-state index is 12.9. The smallest absolute Gasteiger partial charge is 0.416 e. The van der Waals surface area contributed by atoms with Gasteiger partial charge in [0.1, 0.15) is 5.75 Å². The largest absolute Gasteiger partial charge is 0.508 e. The molecule has 0 amide bonds. The summed E-state index contributed by atoms with van der Waals surface area (Å²) in [4.78, 5) is 0. The average molecular weight is 288 g/mol. The fourth-order valence-electron chi connectivity index (χ4n) is 1.86. The Morgan fingerprint density at radius 1 is 0.950 bits per heavy atom. The van der Waals surface area contributed by atoms with Gasteiger partial charge in [0.2, 0.25) is 0 Å². The highest BCUT2D eigenvalue weighted by Crippen LogP contribution is 2.36. The van der Waals surface area contributed by atoms with Crippen molar-refractivity contribution in [2.45, 2.75) is 12.6 Å². The van der Waals surface area contributed by atoms with Crippen LogP contribution in [0.15, 0.2) is 42.5 Å². The molecule has 0 atom stereocenters. The Hall–Kier alpha value is -2.11. The minimum absolute atomic E-state index is 0.0233. The summed E-state index contributed by atoms with van der Waals surface area (Å²) in [5.74, 6) is -0.365. The third-order valence-electron chi connectivity index (χ3n) is 2.77. The minimum atomic E-state index is -4.54. The second-order valence-electron chi connectivity index (χ2n) is 4.15. The Labute approximate surface area is 111 Å². The van der Waals surface area contributed by atoms with Gasteiger partial charge in [-0.1, -0.05) is 18.2 Å². The molecule has 0 radical (unpaired) electrons. The molecule has 0 aromatic heterocycles. The van der Waals surface area contributed by atoms with Crippen LogP contribution in [0.25, 0.3) is 11.1 Å². The molecule has 0 spiro atoms. The third kappa shape index (κ3) is 2.89. The van der Waals surface area contributed by atoms with Crippen LogP contribution < -0.4 is 0 Å². The molecule has 1 N–H and O–H groups in total. The van der Waals surface area contributed by atoms with E-state index in [-0.39, 0.29) is 16.9 Å². The van der Waals surface area contributed by atoms with E-state index in [1.807, 2.05) is 0 Å². The van der Waals surface area contributed by atoms with Crippen molar-refractivity contribution < 1.29 is 27.1 Å². The van der Waals surface area contributed by atoms with Gasteiger partial charge >= 0.3 is 6.18 Å². The van der Waals surface area contributed by atoms with Gasteiger partial charge in [-0.3, -0.25) is 0 Å². The highest BCUT2D eigenvalue weighted by Gasteiger charge is 2.30. The summed E-state index contributed by atoms with van der Waals surface area (Å²) < 4.78 is 63.6. The third-order valence-corrected chi connectivity index (χ3v) is 2.77. The van der Waals surface area contributed by atoms with Crippen molar-refractivity contribution in [2.24, 2.45) is 0 Å². The van der Waals surface area contributed by atoms with Gasteiger partial charge in [-0.25, -0.2) is 8.78 Å². The van der Waals surface area contributed by atoms with Crippen molar-refractivity contribution in [3.63, 3.8) is 0 Å². The number of benzene rings is 2. The van der Waals surface area contributed by atoms with Gasteiger partial charge < -0.3 is 5.11 Å². The molecule has 2 rings (SSSR count). The first-order valence-electron chi connectivity index (χ1n) is 5.58. The van der Waals surface area contributed by atoms with Gasteiger partial charge in [0.15, 0.2) is 0 Å². The van der Waals surface area contributed by atoms with E-state index in [0.29, 0.717) is 0 Å². The van der Waals surface area contributed by atoms with Gasteiger partial charge in [0.05, 0.1) is 5.56 Å². The van der Waals surface area contributed by atoms with Gasteiger partial charge in [-0.2, -0.15) is 13.2 Å². The first-order valence-corrected chi connectivity index (χ1v) is 5.58. The monoisotopic (exact) mass is 288 g/mol. The lowest BCUT2D eigenvalue weighted by molar-refractivity contribution is -0.137. The molecule has 0 aliphatic heterocycles. The Balaban J connectivity index is 2.57. The number of halogens is 5. The normalized spacial score (nSPS) is 11.9. The van der Waals surface area contributed by atoms with Crippen LogP contribution in [-0.4, -0.2) is 5.11 Å². The van der Waals surface area contributed by atoms with Crippen LogP contribution in [-0.2, 0) is 6.18 Å². The van der Waals surface area contributed by atoms with E-state index >= 15 is 0 Å². The van der Waals surface area contributed by atoms with Crippen LogP contribution in [0.5, 0.6) is 5.75 Å². The van der Waals surface area contributed by atoms with E-state index in [9.17, 15) is 27.1 Å². The molecule has 0 saturated heterocycles. The summed E-state index contributed by atoms with van der Waals surface area (Å²) in [6.07, 6.45) is -7.44. The molecule has 0 unspecified atom stereocenters. The standard InChI is InChI=1S/C14H9F5O/c15-13(16)12-7-10(20)4-5-11(12)8-2-1-3-9(6-8)14(17,18)19/h1-7,13,20H. The maximum Gasteiger partial charge on any atom is 0.416 e. The van der Waals surface area contributed by atoms with Crippen LogP contribution in [0.2, 0.25) is 0 Å². The van der Waals surface area contributed by atoms with E-state index in [1.54, 1.807) is 0 Å². The summed E-state index contributed by atoms with van der Waals surface area (Å²) in [5, 5.41) is 9.20. The van der Waals surface area contributed by atoms with Gasteiger partial charge in [-0.15, -0.1) is 0 Å². The summed E-state index contributed by atoms with van der Waals surface area (Å²) in [5.41, 5.74) is -1.44. The van der Waals surface area contributed by atoms with Crippen molar-refractivity contribution in [2.75, 3.05) is 0 Å². The first-order chi connectivity index (χ1) is 9.29. The van der Waals surface area contributed by atoms with E-state index in [0.717, 1.165) is 30.3 Å². The molecule has 6 heteroatoms. The molecule has 0 fully saturated rings. The van der Waals surface area contributed by atoms with Crippen molar-refractivity contribution >= 4 is 0 Å². The second-order valence-corrected chi connectivity index (χ2v) is 4.15. The number of rotatable bonds is 2. The predicted octanol–water partition coefficient (Wildman–Crippen LogP) is 5.02. The molecule has 2 aromatic rings. The first kappa shape index (κ1) is 14.3. The number of phenolic OH excluding ortho intramolecular Hbond substituents is 1.